The average molecular weight is 298 g/mol. The summed E-state index contributed by atoms with van der Waals surface area (Å²) in [4.78, 5) is 13.7. The van der Waals surface area contributed by atoms with Crippen molar-refractivity contribution < 1.29 is 13.2 Å². The maximum absolute atomic E-state index is 12.1. The van der Waals surface area contributed by atoms with Crippen LogP contribution < -0.4 is 4.31 Å². The van der Waals surface area contributed by atoms with Crippen LogP contribution >= 0.6 is 0 Å². The first-order chi connectivity index (χ1) is 9.29. The molecule has 0 aliphatic rings. The van der Waals surface area contributed by atoms with E-state index in [4.69, 9.17) is 0 Å². The van der Waals surface area contributed by atoms with Gasteiger partial charge < -0.3 is 4.90 Å². The SMILES string of the molecule is CCN(CC)C(=O)CN(c1ccc(C)cc1)S(C)(=O)=O. The van der Waals surface area contributed by atoms with E-state index in [9.17, 15) is 13.2 Å². The van der Waals surface area contributed by atoms with Gasteiger partial charge in [-0.15, -0.1) is 0 Å². The Balaban J connectivity index is 3.03. The molecule has 0 N–H and O–H groups in total. The van der Waals surface area contributed by atoms with Gasteiger partial charge >= 0.3 is 0 Å². The molecule has 0 aromatic heterocycles. The Morgan fingerprint density at radius 1 is 1.10 bits per heavy atom. The zero-order valence-corrected chi connectivity index (χ0v) is 13.3. The normalized spacial score (nSPS) is 11.2. The number of carbonyl (C=O) groups excluding carboxylic acids is 1. The number of benzene rings is 1. The fraction of sp³-hybridized carbons (Fsp3) is 0.500. The van der Waals surface area contributed by atoms with Crippen LogP contribution in [0.4, 0.5) is 5.69 Å². The van der Waals surface area contributed by atoms with Crippen LogP contribution in [0.1, 0.15) is 19.4 Å². The third-order valence-corrected chi connectivity index (χ3v) is 4.26. The third kappa shape index (κ3) is 4.23. The molecule has 112 valence electrons. The smallest absolute Gasteiger partial charge is 0.243 e. The number of sulfonamides is 1. The largest absolute Gasteiger partial charge is 0.342 e. The number of hydrogen-bond acceptors (Lipinski definition) is 3. The van der Waals surface area contributed by atoms with Gasteiger partial charge in [0.05, 0.1) is 11.9 Å². The summed E-state index contributed by atoms with van der Waals surface area (Å²) in [6, 6.07) is 7.09. The average Bonchev–Trinajstić information content (AvgIpc) is 2.37. The van der Waals surface area contributed by atoms with Gasteiger partial charge in [-0.25, -0.2) is 8.42 Å². The van der Waals surface area contributed by atoms with E-state index in [2.05, 4.69) is 0 Å². The molecule has 0 atom stereocenters. The Bertz CT molecular complexity index is 548. The first-order valence-electron chi connectivity index (χ1n) is 6.61. The molecule has 6 heteroatoms. The highest BCUT2D eigenvalue weighted by Gasteiger charge is 2.22. The van der Waals surface area contributed by atoms with Crippen molar-refractivity contribution in [2.24, 2.45) is 0 Å². The van der Waals surface area contributed by atoms with Crippen LogP contribution in [0.15, 0.2) is 24.3 Å². The molecule has 5 nitrogen and oxygen atoms in total. The highest BCUT2D eigenvalue weighted by atomic mass is 32.2. The summed E-state index contributed by atoms with van der Waals surface area (Å²) in [6.45, 7) is 6.65. The number of amides is 1. The Hall–Kier alpha value is -1.56. The summed E-state index contributed by atoms with van der Waals surface area (Å²) in [5.74, 6) is -0.194. The molecule has 1 aromatic carbocycles. The van der Waals surface area contributed by atoms with Crippen molar-refractivity contribution in [2.45, 2.75) is 20.8 Å². The molecular weight excluding hydrogens is 276 g/mol. The summed E-state index contributed by atoms with van der Waals surface area (Å²) in [5, 5.41) is 0. The van der Waals surface area contributed by atoms with Gasteiger partial charge in [-0.05, 0) is 32.9 Å². The maximum Gasteiger partial charge on any atom is 0.243 e. The zero-order valence-electron chi connectivity index (χ0n) is 12.5. The first kappa shape index (κ1) is 16.5. The first-order valence-corrected chi connectivity index (χ1v) is 8.46. The predicted octanol–water partition coefficient (Wildman–Crippen LogP) is 1.63. The van der Waals surface area contributed by atoms with Gasteiger partial charge in [-0.3, -0.25) is 9.10 Å². The van der Waals surface area contributed by atoms with Gasteiger partial charge in [-0.1, -0.05) is 17.7 Å². The highest BCUT2D eigenvalue weighted by molar-refractivity contribution is 7.92. The molecule has 0 heterocycles. The number of aryl methyl sites for hydroxylation is 1. The summed E-state index contributed by atoms with van der Waals surface area (Å²) in [7, 11) is -3.49. The minimum atomic E-state index is -3.49. The highest BCUT2D eigenvalue weighted by Crippen LogP contribution is 2.18. The van der Waals surface area contributed by atoms with Gasteiger partial charge in [0, 0.05) is 13.1 Å². The number of nitrogens with zero attached hydrogens (tertiary/aromatic N) is 2. The van der Waals surface area contributed by atoms with Crippen molar-refractivity contribution >= 4 is 21.6 Å². The second-order valence-corrected chi connectivity index (χ2v) is 6.58. The molecule has 1 rings (SSSR count). The van der Waals surface area contributed by atoms with Gasteiger partial charge in [0.1, 0.15) is 6.54 Å². The second kappa shape index (κ2) is 6.74. The molecule has 1 amide bonds. The molecule has 0 radical (unpaired) electrons. The van der Waals surface area contributed by atoms with Gasteiger partial charge in [-0.2, -0.15) is 0 Å². The number of likely N-dealkylation sites (N-methyl/N-ethyl adjacent to an activating group) is 1. The fourth-order valence-corrected chi connectivity index (χ4v) is 2.76. The Morgan fingerprint density at radius 2 is 1.60 bits per heavy atom. The number of carbonyl (C=O) groups is 1. The molecule has 0 unspecified atom stereocenters. The van der Waals surface area contributed by atoms with Crippen LogP contribution in [0.2, 0.25) is 0 Å². The van der Waals surface area contributed by atoms with Crippen LogP contribution in [-0.4, -0.2) is 45.1 Å². The summed E-state index contributed by atoms with van der Waals surface area (Å²) < 4.78 is 25.0. The van der Waals surface area contributed by atoms with E-state index in [1.54, 1.807) is 17.0 Å². The molecule has 1 aromatic rings. The molecule has 0 fully saturated rings. The van der Waals surface area contributed by atoms with Crippen LogP contribution in [-0.2, 0) is 14.8 Å². The van der Waals surface area contributed by atoms with Crippen molar-refractivity contribution in [2.75, 3.05) is 30.2 Å². The van der Waals surface area contributed by atoms with Gasteiger partial charge in [0.2, 0.25) is 15.9 Å². The standard InChI is InChI=1S/C14H22N2O3S/c1-5-15(6-2)14(17)11-16(20(4,18)19)13-9-7-12(3)8-10-13/h7-10H,5-6,11H2,1-4H3. The van der Waals surface area contributed by atoms with Crippen molar-refractivity contribution in [3.63, 3.8) is 0 Å². The minimum Gasteiger partial charge on any atom is -0.342 e. The van der Waals surface area contributed by atoms with Gasteiger partial charge in [0.15, 0.2) is 0 Å². The molecule has 0 aliphatic carbocycles. The lowest BCUT2D eigenvalue weighted by molar-refractivity contribution is -0.129. The van der Waals surface area contributed by atoms with Crippen molar-refractivity contribution in [3.05, 3.63) is 29.8 Å². The topological polar surface area (TPSA) is 57.7 Å². The molecular formula is C14H22N2O3S. The molecule has 0 saturated carbocycles. The number of rotatable bonds is 6. The summed E-state index contributed by atoms with van der Waals surface area (Å²) in [6.07, 6.45) is 1.11. The van der Waals surface area contributed by atoms with Crippen molar-refractivity contribution in [3.8, 4) is 0 Å². The van der Waals surface area contributed by atoms with E-state index < -0.39 is 10.0 Å². The Labute approximate surface area is 121 Å². The van der Waals surface area contributed by atoms with Crippen LogP contribution in [0.3, 0.4) is 0 Å². The van der Waals surface area contributed by atoms with E-state index in [1.165, 1.54) is 0 Å². The van der Waals surface area contributed by atoms with Crippen molar-refractivity contribution in [1.29, 1.82) is 0 Å². The lowest BCUT2D eigenvalue weighted by Crippen LogP contribution is -2.42. The van der Waals surface area contributed by atoms with E-state index in [1.807, 2.05) is 32.9 Å². The Kier molecular flexibility index (Phi) is 5.56. The molecule has 20 heavy (non-hydrogen) atoms. The predicted molar refractivity (Wildman–Crippen MR) is 81.3 cm³/mol. The van der Waals surface area contributed by atoms with Crippen LogP contribution in [0, 0.1) is 6.92 Å². The summed E-state index contributed by atoms with van der Waals surface area (Å²) in [5.41, 5.74) is 1.55. The van der Waals surface area contributed by atoms with E-state index in [-0.39, 0.29) is 12.5 Å². The maximum atomic E-state index is 12.1. The quantitative estimate of drug-likeness (QED) is 0.802. The zero-order chi connectivity index (χ0) is 15.3. The molecule has 0 spiro atoms. The summed E-state index contributed by atoms with van der Waals surface area (Å²) >= 11 is 0. The number of anilines is 1. The van der Waals surface area contributed by atoms with E-state index >= 15 is 0 Å². The Morgan fingerprint density at radius 3 is 2.00 bits per heavy atom. The van der Waals surface area contributed by atoms with Crippen LogP contribution in [0.5, 0.6) is 0 Å². The molecule has 0 saturated heterocycles. The second-order valence-electron chi connectivity index (χ2n) is 4.67. The van der Waals surface area contributed by atoms with E-state index in [0.717, 1.165) is 16.1 Å². The monoisotopic (exact) mass is 298 g/mol. The molecule has 0 aliphatic heterocycles. The number of hydrogen-bond donors (Lipinski definition) is 0. The van der Waals surface area contributed by atoms with Crippen molar-refractivity contribution in [1.82, 2.24) is 4.90 Å². The third-order valence-electron chi connectivity index (χ3n) is 3.12. The molecule has 0 bridgehead atoms. The van der Waals surface area contributed by atoms with Gasteiger partial charge in [0.25, 0.3) is 0 Å². The van der Waals surface area contributed by atoms with Crippen LogP contribution in [0.25, 0.3) is 0 Å². The van der Waals surface area contributed by atoms with E-state index in [0.29, 0.717) is 18.8 Å². The lowest BCUT2D eigenvalue weighted by atomic mass is 10.2. The fourth-order valence-electron chi connectivity index (χ4n) is 1.91. The lowest BCUT2D eigenvalue weighted by Gasteiger charge is -2.26. The minimum absolute atomic E-state index is 0.163.